The molecule has 0 aromatic heterocycles. The predicted octanol–water partition coefficient (Wildman–Crippen LogP) is 0.486. The Morgan fingerprint density at radius 1 is 1.30 bits per heavy atom. The lowest BCUT2D eigenvalue weighted by Crippen LogP contribution is -2.49. The van der Waals surface area contributed by atoms with Gasteiger partial charge in [0.05, 0.1) is 5.60 Å². The first-order valence-electron chi connectivity index (χ1n) is 7.82. The summed E-state index contributed by atoms with van der Waals surface area (Å²) in [7, 11) is 0. The van der Waals surface area contributed by atoms with Crippen LogP contribution in [0.1, 0.15) is 45.4 Å². The van der Waals surface area contributed by atoms with Gasteiger partial charge in [0.25, 0.3) is 0 Å². The third-order valence-electron chi connectivity index (χ3n) is 5.09. The van der Waals surface area contributed by atoms with Crippen LogP contribution in [0.3, 0.4) is 0 Å². The van der Waals surface area contributed by atoms with Crippen LogP contribution in [0.2, 0.25) is 0 Å². The lowest BCUT2D eigenvalue weighted by Gasteiger charge is -2.41. The number of hydrogen-bond acceptors (Lipinski definition) is 4. The molecule has 0 aromatic carbocycles. The van der Waals surface area contributed by atoms with Gasteiger partial charge in [0.15, 0.2) is 0 Å². The van der Waals surface area contributed by atoms with Crippen LogP contribution in [-0.2, 0) is 4.79 Å². The minimum Gasteiger partial charge on any atom is -0.389 e. The second-order valence-corrected chi connectivity index (χ2v) is 6.87. The summed E-state index contributed by atoms with van der Waals surface area (Å²) in [6.07, 6.45) is 4.51. The van der Waals surface area contributed by atoms with Crippen LogP contribution in [0.5, 0.6) is 0 Å². The van der Waals surface area contributed by atoms with E-state index >= 15 is 0 Å². The maximum Gasteiger partial charge on any atom is 0.246 e. The van der Waals surface area contributed by atoms with Gasteiger partial charge in [-0.2, -0.15) is 0 Å². The molecule has 1 aliphatic heterocycles. The van der Waals surface area contributed by atoms with Gasteiger partial charge < -0.3 is 20.8 Å². The molecule has 0 unspecified atom stereocenters. The molecule has 20 heavy (non-hydrogen) atoms. The number of aliphatic hydroxyl groups is 2. The van der Waals surface area contributed by atoms with E-state index in [1.165, 1.54) is 0 Å². The van der Waals surface area contributed by atoms with Gasteiger partial charge in [-0.05, 0) is 63.5 Å². The molecule has 4 N–H and O–H groups in total. The molecule has 116 valence electrons. The number of likely N-dealkylation sites (tertiary alicyclic amines) is 1. The zero-order valence-corrected chi connectivity index (χ0v) is 12.4. The number of piperidine rings is 1. The summed E-state index contributed by atoms with van der Waals surface area (Å²) in [4.78, 5) is 13.3. The van der Waals surface area contributed by atoms with Crippen LogP contribution < -0.4 is 5.73 Å². The zero-order valence-electron chi connectivity index (χ0n) is 12.4. The fourth-order valence-electron chi connectivity index (χ4n) is 3.53. The highest BCUT2D eigenvalue weighted by Gasteiger charge is 2.35. The van der Waals surface area contributed by atoms with E-state index in [2.05, 4.69) is 11.8 Å². The van der Waals surface area contributed by atoms with Crippen molar-refractivity contribution in [2.75, 3.05) is 19.6 Å². The van der Waals surface area contributed by atoms with E-state index in [9.17, 15) is 15.0 Å². The second-order valence-electron chi connectivity index (χ2n) is 6.87. The number of carbonyl (C=O) groups is 1. The highest BCUT2D eigenvalue weighted by Crippen LogP contribution is 2.33. The molecule has 1 amide bonds. The van der Waals surface area contributed by atoms with Crippen molar-refractivity contribution >= 4 is 5.91 Å². The molecule has 1 saturated heterocycles. The fourth-order valence-corrected chi connectivity index (χ4v) is 3.53. The highest BCUT2D eigenvalue weighted by atomic mass is 16.3. The number of carbonyl (C=O) groups excluding carboxylic acids is 1. The van der Waals surface area contributed by atoms with Gasteiger partial charge in [-0.1, -0.05) is 6.92 Å². The van der Waals surface area contributed by atoms with Crippen molar-refractivity contribution in [1.82, 2.24) is 4.90 Å². The van der Waals surface area contributed by atoms with Gasteiger partial charge in [-0.25, -0.2) is 0 Å². The van der Waals surface area contributed by atoms with Crippen LogP contribution >= 0.6 is 0 Å². The minimum atomic E-state index is -1.02. The lowest BCUT2D eigenvalue weighted by atomic mass is 9.79. The van der Waals surface area contributed by atoms with Crippen LogP contribution in [0, 0.1) is 11.8 Å². The molecule has 5 nitrogen and oxygen atoms in total. The van der Waals surface area contributed by atoms with Gasteiger partial charge in [-0.3, -0.25) is 4.79 Å². The molecule has 0 bridgehead atoms. The molecule has 1 heterocycles. The van der Waals surface area contributed by atoms with Gasteiger partial charge in [0.1, 0.15) is 6.10 Å². The van der Waals surface area contributed by atoms with Gasteiger partial charge in [0.2, 0.25) is 5.91 Å². The number of amides is 1. The maximum absolute atomic E-state index is 11.0. The first kappa shape index (κ1) is 15.7. The third-order valence-corrected chi connectivity index (χ3v) is 5.09. The summed E-state index contributed by atoms with van der Waals surface area (Å²) in [6.45, 7) is 4.62. The molecule has 1 atom stereocenters. The largest absolute Gasteiger partial charge is 0.389 e. The quantitative estimate of drug-likeness (QED) is 0.701. The Balaban J connectivity index is 1.78. The van der Waals surface area contributed by atoms with Gasteiger partial charge in [-0.15, -0.1) is 0 Å². The molecule has 1 saturated carbocycles. The third kappa shape index (κ3) is 3.93. The highest BCUT2D eigenvalue weighted by molar-refractivity contribution is 5.78. The van der Waals surface area contributed by atoms with Crippen molar-refractivity contribution in [2.24, 2.45) is 17.6 Å². The molecule has 5 heteroatoms. The van der Waals surface area contributed by atoms with E-state index in [1.807, 2.05) is 0 Å². The predicted molar refractivity (Wildman–Crippen MR) is 76.9 cm³/mol. The van der Waals surface area contributed by atoms with E-state index in [0.717, 1.165) is 64.1 Å². The maximum atomic E-state index is 11.0. The number of hydrogen-bond donors (Lipinski definition) is 3. The molecule has 1 aliphatic carbocycles. The second kappa shape index (κ2) is 6.41. The minimum absolute atomic E-state index is 0.0234. The molecular formula is C15H28N2O3. The fraction of sp³-hybridized carbons (Fsp3) is 0.933. The lowest BCUT2D eigenvalue weighted by molar-refractivity contribution is -0.130. The van der Waals surface area contributed by atoms with Gasteiger partial charge >= 0.3 is 0 Å². The van der Waals surface area contributed by atoms with E-state index in [0.29, 0.717) is 0 Å². The van der Waals surface area contributed by atoms with Crippen molar-refractivity contribution in [3.8, 4) is 0 Å². The molecule has 0 radical (unpaired) electrons. The van der Waals surface area contributed by atoms with Gasteiger partial charge in [0, 0.05) is 6.54 Å². The van der Waals surface area contributed by atoms with Crippen molar-refractivity contribution in [3.05, 3.63) is 0 Å². The summed E-state index contributed by atoms with van der Waals surface area (Å²) in [6, 6.07) is 0. The number of β-amino-alcohol motifs (C(OH)–C–C–N with tert-alkyl or cyclic N) is 1. The number of aliphatic hydroxyl groups excluding tert-OH is 1. The Kier molecular flexibility index (Phi) is 5.04. The standard InChI is InChI=1S/C15H28N2O3/c1-11-2-6-15(20,7-3-11)10-17-8-4-12(5-9-17)13(18)14(16)19/h11-13,18,20H,2-10H2,1H3,(H2,16,19)/t11?,13-,15?/m1/s1. The van der Waals surface area contributed by atoms with Crippen molar-refractivity contribution in [2.45, 2.75) is 57.2 Å². The number of primary amides is 1. The molecule has 0 aromatic rings. The van der Waals surface area contributed by atoms with Crippen molar-refractivity contribution in [3.63, 3.8) is 0 Å². The topological polar surface area (TPSA) is 86.8 Å². The first-order valence-corrected chi connectivity index (χ1v) is 7.82. The normalized spacial score (nSPS) is 34.9. The number of nitrogens with two attached hydrogens (primary N) is 1. The zero-order chi connectivity index (χ0) is 14.8. The van der Waals surface area contributed by atoms with Crippen LogP contribution in [0.15, 0.2) is 0 Å². The average molecular weight is 284 g/mol. The van der Waals surface area contributed by atoms with E-state index in [-0.39, 0.29) is 5.92 Å². The molecule has 2 fully saturated rings. The number of rotatable bonds is 4. The summed E-state index contributed by atoms with van der Waals surface area (Å²) < 4.78 is 0. The molecule has 2 rings (SSSR count). The molecule has 2 aliphatic rings. The van der Waals surface area contributed by atoms with Crippen LogP contribution in [0.4, 0.5) is 0 Å². The van der Waals surface area contributed by atoms with E-state index < -0.39 is 17.6 Å². The van der Waals surface area contributed by atoms with Crippen molar-refractivity contribution < 1.29 is 15.0 Å². The van der Waals surface area contributed by atoms with E-state index in [1.54, 1.807) is 0 Å². The molecular weight excluding hydrogens is 256 g/mol. The Hall–Kier alpha value is -0.650. The SMILES string of the molecule is CC1CCC(O)(CN2CCC([C@@H](O)C(N)=O)CC2)CC1. The van der Waals surface area contributed by atoms with E-state index in [4.69, 9.17) is 5.73 Å². The number of nitrogens with zero attached hydrogens (tertiary/aromatic N) is 1. The summed E-state index contributed by atoms with van der Waals surface area (Å²) >= 11 is 0. The monoisotopic (exact) mass is 284 g/mol. The van der Waals surface area contributed by atoms with Crippen molar-refractivity contribution in [1.29, 1.82) is 0 Å². The Bertz CT molecular complexity index is 332. The Labute approximate surface area is 121 Å². The summed E-state index contributed by atoms with van der Waals surface area (Å²) in [5.41, 5.74) is 4.60. The first-order chi connectivity index (χ1) is 9.39. The van der Waals surface area contributed by atoms with Crippen LogP contribution in [0.25, 0.3) is 0 Å². The summed E-state index contributed by atoms with van der Waals surface area (Å²) in [5.74, 6) is 0.0832. The average Bonchev–Trinajstić information content (AvgIpc) is 2.42. The van der Waals surface area contributed by atoms with Crippen LogP contribution in [-0.4, -0.2) is 52.4 Å². The molecule has 0 spiro atoms. The Morgan fingerprint density at radius 2 is 1.85 bits per heavy atom. The Morgan fingerprint density at radius 3 is 2.35 bits per heavy atom. The smallest absolute Gasteiger partial charge is 0.246 e. The summed E-state index contributed by atoms with van der Waals surface area (Å²) in [5, 5.41) is 20.3.